The molecule has 0 heterocycles. The van der Waals surface area contributed by atoms with Gasteiger partial charge in [-0.1, -0.05) is 67.9 Å². The van der Waals surface area contributed by atoms with Crippen LogP contribution in [-0.2, 0) is 0 Å². The fourth-order valence-electron chi connectivity index (χ4n) is 2.47. The van der Waals surface area contributed by atoms with Gasteiger partial charge in [0.2, 0.25) is 0 Å². The van der Waals surface area contributed by atoms with Gasteiger partial charge in [0.1, 0.15) is 0 Å². The number of rotatable bonds is 4. The van der Waals surface area contributed by atoms with Crippen LogP contribution in [0.2, 0.25) is 5.02 Å². The molecular formula is C18H22ClN. The third-order valence-corrected chi connectivity index (χ3v) is 4.27. The Morgan fingerprint density at radius 3 is 2.10 bits per heavy atom. The van der Waals surface area contributed by atoms with E-state index in [-0.39, 0.29) is 6.04 Å². The van der Waals surface area contributed by atoms with E-state index in [1.54, 1.807) is 0 Å². The molecule has 0 aliphatic rings. The van der Waals surface area contributed by atoms with Crippen molar-refractivity contribution in [2.45, 2.75) is 32.7 Å². The van der Waals surface area contributed by atoms with Gasteiger partial charge in [-0.15, -0.1) is 0 Å². The van der Waals surface area contributed by atoms with Crippen molar-refractivity contribution >= 4 is 11.6 Å². The maximum absolute atomic E-state index is 6.46. The van der Waals surface area contributed by atoms with Crippen LogP contribution >= 0.6 is 11.6 Å². The normalized spacial score (nSPS) is 12.7. The van der Waals surface area contributed by atoms with Gasteiger partial charge in [0.25, 0.3) is 0 Å². The first-order valence-electron chi connectivity index (χ1n) is 7.06. The quantitative estimate of drug-likeness (QED) is 0.827. The molecular weight excluding hydrogens is 266 g/mol. The Morgan fingerprint density at radius 1 is 0.950 bits per heavy atom. The molecule has 0 amide bonds. The van der Waals surface area contributed by atoms with Crippen molar-refractivity contribution in [2.75, 3.05) is 7.05 Å². The molecule has 0 bridgehead atoms. The van der Waals surface area contributed by atoms with E-state index in [0.717, 1.165) is 16.1 Å². The lowest BCUT2D eigenvalue weighted by molar-refractivity contribution is 0.690. The summed E-state index contributed by atoms with van der Waals surface area (Å²) >= 11 is 6.46. The first-order chi connectivity index (χ1) is 9.54. The number of hydrogen-bond acceptors (Lipinski definition) is 1. The fourth-order valence-corrected chi connectivity index (χ4v) is 2.70. The number of halogens is 1. The summed E-state index contributed by atoms with van der Waals surface area (Å²) in [5.74, 6) is 0.555. The zero-order chi connectivity index (χ0) is 14.7. The predicted molar refractivity (Wildman–Crippen MR) is 87.6 cm³/mol. The minimum absolute atomic E-state index is 0.128. The minimum atomic E-state index is 0.128. The molecule has 1 unspecified atom stereocenters. The van der Waals surface area contributed by atoms with Crippen LogP contribution in [0.4, 0.5) is 0 Å². The van der Waals surface area contributed by atoms with Gasteiger partial charge in [-0.25, -0.2) is 0 Å². The van der Waals surface area contributed by atoms with Gasteiger partial charge in [-0.3, -0.25) is 0 Å². The van der Waals surface area contributed by atoms with Crippen LogP contribution in [-0.4, -0.2) is 7.05 Å². The Labute approximate surface area is 127 Å². The van der Waals surface area contributed by atoms with Gasteiger partial charge in [-0.2, -0.15) is 0 Å². The summed E-state index contributed by atoms with van der Waals surface area (Å²) in [6.45, 7) is 6.46. The molecule has 0 saturated heterocycles. The number of benzene rings is 2. The average molecular weight is 288 g/mol. The van der Waals surface area contributed by atoms with Gasteiger partial charge in [0.15, 0.2) is 0 Å². The number of nitrogens with one attached hydrogen (secondary N) is 1. The summed E-state index contributed by atoms with van der Waals surface area (Å²) in [6.07, 6.45) is 0. The summed E-state index contributed by atoms with van der Waals surface area (Å²) in [6, 6.07) is 15.1. The van der Waals surface area contributed by atoms with Gasteiger partial charge in [-0.05, 0) is 42.1 Å². The molecule has 2 heteroatoms. The topological polar surface area (TPSA) is 12.0 Å². The molecule has 2 aromatic rings. The molecule has 2 aromatic carbocycles. The summed E-state index contributed by atoms with van der Waals surface area (Å²) < 4.78 is 0. The van der Waals surface area contributed by atoms with E-state index >= 15 is 0 Å². The number of hydrogen-bond donors (Lipinski definition) is 1. The second-order valence-electron chi connectivity index (χ2n) is 5.52. The second-order valence-corrected chi connectivity index (χ2v) is 5.90. The highest BCUT2D eigenvalue weighted by Crippen LogP contribution is 2.30. The fraction of sp³-hybridized carbons (Fsp3) is 0.333. The third-order valence-electron chi connectivity index (χ3n) is 3.76. The highest BCUT2D eigenvalue weighted by atomic mass is 35.5. The van der Waals surface area contributed by atoms with E-state index in [2.05, 4.69) is 55.6 Å². The maximum atomic E-state index is 6.46. The second kappa shape index (κ2) is 6.43. The molecule has 1 atom stereocenters. The van der Waals surface area contributed by atoms with Crippen molar-refractivity contribution in [3.8, 4) is 0 Å². The molecule has 106 valence electrons. The molecule has 1 N–H and O–H groups in total. The Hall–Kier alpha value is -1.31. The van der Waals surface area contributed by atoms with Crippen molar-refractivity contribution in [2.24, 2.45) is 0 Å². The Bertz CT molecular complexity index is 572. The van der Waals surface area contributed by atoms with Crippen LogP contribution in [0.1, 0.15) is 48.1 Å². The van der Waals surface area contributed by atoms with E-state index in [9.17, 15) is 0 Å². The largest absolute Gasteiger partial charge is 0.309 e. The van der Waals surface area contributed by atoms with E-state index in [1.807, 2.05) is 20.0 Å². The maximum Gasteiger partial charge on any atom is 0.0589 e. The van der Waals surface area contributed by atoms with Gasteiger partial charge >= 0.3 is 0 Å². The Kier molecular flexibility index (Phi) is 4.85. The summed E-state index contributed by atoms with van der Waals surface area (Å²) in [5.41, 5.74) is 4.85. The first kappa shape index (κ1) is 15.1. The van der Waals surface area contributed by atoms with Gasteiger partial charge < -0.3 is 5.32 Å². The summed E-state index contributed by atoms with van der Waals surface area (Å²) in [4.78, 5) is 0. The van der Waals surface area contributed by atoms with E-state index in [0.29, 0.717) is 5.92 Å². The molecule has 2 rings (SSSR count). The molecule has 0 saturated carbocycles. The van der Waals surface area contributed by atoms with E-state index in [4.69, 9.17) is 11.6 Å². The van der Waals surface area contributed by atoms with Crippen LogP contribution < -0.4 is 5.32 Å². The molecule has 0 spiro atoms. The lowest BCUT2D eigenvalue weighted by Crippen LogP contribution is -2.18. The minimum Gasteiger partial charge on any atom is -0.309 e. The average Bonchev–Trinajstić information content (AvgIpc) is 2.45. The van der Waals surface area contributed by atoms with E-state index in [1.165, 1.54) is 11.1 Å². The monoisotopic (exact) mass is 287 g/mol. The van der Waals surface area contributed by atoms with Crippen LogP contribution in [0.3, 0.4) is 0 Å². The lowest BCUT2D eigenvalue weighted by Gasteiger charge is -2.20. The van der Waals surface area contributed by atoms with Crippen LogP contribution in [0.15, 0.2) is 42.5 Å². The van der Waals surface area contributed by atoms with Crippen LogP contribution in [0.25, 0.3) is 0 Å². The van der Waals surface area contributed by atoms with E-state index < -0.39 is 0 Å². The smallest absolute Gasteiger partial charge is 0.0589 e. The summed E-state index contributed by atoms with van der Waals surface area (Å²) in [7, 11) is 1.97. The van der Waals surface area contributed by atoms with Gasteiger partial charge in [0.05, 0.1) is 6.04 Å². The molecule has 0 aliphatic carbocycles. The zero-order valence-electron chi connectivity index (χ0n) is 12.6. The number of aryl methyl sites for hydroxylation is 1. The SMILES string of the molecule is CNC(c1ccc(C(C)C)cc1)c1cccc(C)c1Cl. The molecule has 0 aromatic heterocycles. The molecule has 1 nitrogen and oxygen atoms in total. The van der Waals surface area contributed by atoms with Crippen molar-refractivity contribution in [1.29, 1.82) is 0 Å². The Morgan fingerprint density at radius 2 is 1.55 bits per heavy atom. The Balaban J connectivity index is 2.39. The highest BCUT2D eigenvalue weighted by Gasteiger charge is 2.16. The first-order valence-corrected chi connectivity index (χ1v) is 7.44. The van der Waals surface area contributed by atoms with Gasteiger partial charge in [0, 0.05) is 5.02 Å². The van der Waals surface area contributed by atoms with Crippen molar-refractivity contribution < 1.29 is 0 Å². The predicted octanol–water partition coefficient (Wildman–Crippen LogP) is 5.08. The van der Waals surface area contributed by atoms with Crippen molar-refractivity contribution in [3.63, 3.8) is 0 Å². The van der Waals surface area contributed by atoms with Crippen LogP contribution in [0.5, 0.6) is 0 Å². The highest BCUT2D eigenvalue weighted by molar-refractivity contribution is 6.32. The van der Waals surface area contributed by atoms with Crippen LogP contribution in [0, 0.1) is 6.92 Å². The molecule has 0 aliphatic heterocycles. The standard InChI is InChI=1S/C18H22ClN/c1-12(2)14-8-10-15(11-9-14)18(20-4)16-7-5-6-13(3)17(16)19/h5-12,18,20H,1-4H3. The third kappa shape index (κ3) is 3.05. The zero-order valence-corrected chi connectivity index (χ0v) is 13.3. The summed E-state index contributed by atoms with van der Waals surface area (Å²) in [5, 5.41) is 4.21. The molecule has 20 heavy (non-hydrogen) atoms. The molecule has 0 fully saturated rings. The van der Waals surface area contributed by atoms with Crippen molar-refractivity contribution in [1.82, 2.24) is 5.32 Å². The molecule has 0 radical (unpaired) electrons. The van der Waals surface area contributed by atoms with Crippen molar-refractivity contribution in [3.05, 3.63) is 69.7 Å². The lowest BCUT2D eigenvalue weighted by atomic mass is 9.94.